The van der Waals surface area contributed by atoms with E-state index < -0.39 is 0 Å². The number of nitrogen functional groups attached to an aromatic ring is 1. The van der Waals surface area contributed by atoms with E-state index >= 15 is 0 Å². The summed E-state index contributed by atoms with van der Waals surface area (Å²) in [6, 6.07) is 2.56. The number of piperidine rings is 1. The number of hydrogen-bond acceptors (Lipinski definition) is 3. The first kappa shape index (κ1) is 13.3. The van der Waals surface area contributed by atoms with E-state index in [9.17, 15) is 0 Å². The molecule has 1 fully saturated rings. The highest BCUT2D eigenvalue weighted by Crippen LogP contribution is 2.32. The van der Waals surface area contributed by atoms with Gasteiger partial charge >= 0.3 is 0 Å². The molecule has 0 saturated carbocycles. The Kier molecular flexibility index (Phi) is 4.59. The van der Waals surface area contributed by atoms with Crippen LogP contribution in [0.4, 0.5) is 5.82 Å². The molecule has 100 valence electrons. The Bertz CT molecular complexity index is 389. The number of aryl methyl sites for hydroxylation is 1. The van der Waals surface area contributed by atoms with Crippen LogP contribution < -0.4 is 5.73 Å². The molecular formula is C15H25N3. The number of aromatic nitrogens is 1. The molecule has 1 saturated heterocycles. The van der Waals surface area contributed by atoms with Gasteiger partial charge in [-0.3, -0.25) is 4.90 Å². The van der Waals surface area contributed by atoms with Crippen molar-refractivity contribution in [3.8, 4) is 0 Å². The molecule has 2 heterocycles. The molecule has 1 aliphatic rings. The quantitative estimate of drug-likeness (QED) is 0.887. The minimum atomic E-state index is 0.554. The average Bonchev–Trinajstić information content (AvgIpc) is 2.37. The smallest absolute Gasteiger partial charge is 0.123 e. The van der Waals surface area contributed by atoms with Gasteiger partial charge in [0.2, 0.25) is 0 Å². The summed E-state index contributed by atoms with van der Waals surface area (Å²) in [5, 5.41) is 0. The second-order valence-electron chi connectivity index (χ2n) is 5.37. The van der Waals surface area contributed by atoms with Crippen LogP contribution in [0.15, 0.2) is 12.3 Å². The van der Waals surface area contributed by atoms with E-state index in [0.717, 1.165) is 0 Å². The van der Waals surface area contributed by atoms with Crippen molar-refractivity contribution in [1.82, 2.24) is 9.88 Å². The first-order valence-electron chi connectivity index (χ1n) is 7.18. The van der Waals surface area contributed by atoms with Gasteiger partial charge in [-0.25, -0.2) is 4.98 Å². The number of nitrogens with zero attached hydrogens (tertiary/aromatic N) is 2. The normalized spacial score (nSPS) is 21.1. The van der Waals surface area contributed by atoms with E-state index in [2.05, 4.69) is 23.7 Å². The zero-order valence-electron chi connectivity index (χ0n) is 11.7. The molecule has 2 rings (SSSR count). The first-order chi connectivity index (χ1) is 8.72. The van der Waals surface area contributed by atoms with Crippen LogP contribution >= 0.6 is 0 Å². The number of pyridine rings is 1. The van der Waals surface area contributed by atoms with Crippen molar-refractivity contribution in [2.75, 3.05) is 18.8 Å². The second kappa shape index (κ2) is 6.19. The summed E-state index contributed by atoms with van der Waals surface area (Å²) >= 11 is 0. The number of likely N-dealkylation sites (tertiary alicyclic amines) is 1. The van der Waals surface area contributed by atoms with Crippen molar-refractivity contribution in [2.45, 2.75) is 52.0 Å². The lowest BCUT2D eigenvalue weighted by Crippen LogP contribution is -2.34. The van der Waals surface area contributed by atoms with Crippen LogP contribution in [0.2, 0.25) is 0 Å². The van der Waals surface area contributed by atoms with E-state index in [0.29, 0.717) is 11.9 Å². The summed E-state index contributed by atoms with van der Waals surface area (Å²) in [6.45, 7) is 6.86. The molecule has 0 spiro atoms. The summed E-state index contributed by atoms with van der Waals surface area (Å²) in [5.41, 5.74) is 8.41. The summed E-state index contributed by atoms with van der Waals surface area (Å²) in [4.78, 5) is 6.91. The van der Waals surface area contributed by atoms with Gasteiger partial charge in [0.1, 0.15) is 5.82 Å². The van der Waals surface area contributed by atoms with Crippen LogP contribution in [-0.4, -0.2) is 23.0 Å². The maximum atomic E-state index is 5.75. The maximum absolute atomic E-state index is 5.75. The zero-order chi connectivity index (χ0) is 13.0. The first-order valence-corrected chi connectivity index (χ1v) is 7.18. The highest BCUT2D eigenvalue weighted by atomic mass is 15.2. The van der Waals surface area contributed by atoms with E-state index in [1.54, 1.807) is 0 Å². The lowest BCUT2D eigenvalue weighted by Gasteiger charge is -2.36. The molecule has 2 N–H and O–H groups in total. The van der Waals surface area contributed by atoms with Crippen molar-refractivity contribution in [3.05, 3.63) is 23.4 Å². The monoisotopic (exact) mass is 247 g/mol. The molecule has 3 nitrogen and oxygen atoms in total. The number of rotatable bonds is 4. The molecule has 1 aliphatic heterocycles. The highest BCUT2D eigenvalue weighted by Gasteiger charge is 2.24. The number of anilines is 1. The molecule has 3 heteroatoms. The third-order valence-electron chi connectivity index (χ3n) is 3.94. The number of nitrogens with two attached hydrogens (primary N) is 1. The Hall–Kier alpha value is -1.09. The van der Waals surface area contributed by atoms with Gasteiger partial charge in [0.05, 0.1) is 0 Å². The summed E-state index contributed by atoms with van der Waals surface area (Å²) in [6.07, 6.45) is 8.47. The Labute approximate surface area is 110 Å². The molecule has 1 aromatic rings. The molecule has 0 unspecified atom stereocenters. The van der Waals surface area contributed by atoms with Gasteiger partial charge in [0.25, 0.3) is 0 Å². The topological polar surface area (TPSA) is 42.2 Å². The van der Waals surface area contributed by atoms with Gasteiger partial charge in [-0.05, 0) is 56.5 Å². The third-order valence-corrected chi connectivity index (χ3v) is 3.94. The molecule has 1 aromatic heterocycles. The maximum Gasteiger partial charge on any atom is 0.123 e. The molecule has 0 aliphatic carbocycles. The number of unbranched alkanes of at least 4 members (excludes halogenated alkanes) is 1. The SMILES string of the molecule is CCCCN1CCCC[C@@H]1c1cnc(N)cc1C. The summed E-state index contributed by atoms with van der Waals surface area (Å²) in [5.74, 6) is 0.632. The van der Waals surface area contributed by atoms with Crippen LogP contribution in [-0.2, 0) is 0 Å². The predicted molar refractivity (Wildman–Crippen MR) is 76.5 cm³/mol. The van der Waals surface area contributed by atoms with Crippen LogP contribution in [0.5, 0.6) is 0 Å². The van der Waals surface area contributed by atoms with Gasteiger partial charge in [0, 0.05) is 12.2 Å². The van der Waals surface area contributed by atoms with Crippen LogP contribution in [0, 0.1) is 6.92 Å². The molecule has 18 heavy (non-hydrogen) atoms. The van der Waals surface area contributed by atoms with Crippen molar-refractivity contribution < 1.29 is 0 Å². The van der Waals surface area contributed by atoms with Crippen LogP contribution in [0.1, 0.15) is 56.2 Å². The van der Waals surface area contributed by atoms with E-state index in [4.69, 9.17) is 5.73 Å². The van der Waals surface area contributed by atoms with Crippen molar-refractivity contribution in [1.29, 1.82) is 0 Å². The van der Waals surface area contributed by atoms with Gasteiger partial charge in [-0.1, -0.05) is 19.8 Å². The second-order valence-corrected chi connectivity index (χ2v) is 5.37. The predicted octanol–water partition coefficient (Wildman–Crippen LogP) is 3.30. The molecule has 0 amide bonds. The fourth-order valence-electron chi connectivity index (χ4n) is 2.91. The van der Waals surface area contributed by atoms with Crippen LogP contribution in [0.25, 0.3) is 0 Å². The van der Waals surface area contributed by atoms with Gasteiger partial charge in [-0.2, -0.15) is 0 Å². The molecule has 1 atom stereocenters. The fraction of sp³-hybridized carbons (Fsp3) is 0.667. The Morgan fingerprint density at radius 3 is 3.00 bits per heavy atom. The molecular weight excluding hydrogens is 222 g/mol. The fourth-order valence-corrected chi connectivity index (χ4v) is 2.91. The van der Waals surface area contributed by atoms with Crippen molar-refractivity contribution in [2.24, 2.45) is 0 Å². The van der Waals surface area contributed by atoms with Gasteiger partial charge in [0.15, 0.2) is 0 Å². The Balaban J connectivity index is 2.16. The lowest BCUT2D eigenvalue weighted by molar-refractivity contribution is 0.146. The summed E-state index contributed by atoms with van der Waals surface area (Å²) < 4.78 is 0. The van der Waals surface area contributed by atoms with Crippen LogP contribution in [0.3, 0.4) is 0 Å². The zero-order valence-corrected chi connectivity index (χ0v) is 11.7. The number of hydrogen-bond donors (Lipinski definition) is 1. The lowest BCUT2D eigenvalue weighted by atomic mass is 9.93. The average molecular weight is 247 g/mol. The van der Waals surface area contributed by atoms with Crippen molar-refractivity contribution in [3.63, 3.8) is 0 Å². The minimum Gasteiger partial charge on any atom is -0.384 e. The Morgan fingerprint density at radius 2 is 2.28 bits per heavy atom. The van der Waals surface area contributed by atoms with E-state index in [1.165, 1.54) is 56.3 Å². The Morgan fingerprint density at radius 1 is 1.44 bits per heavy atom. The molecule has 0 aromatic carbocycles. The highest BCUT2D eigenvalue weighted by molar-refractivity contribution is 5.37. The van der Waals surface area contributed by atoms with Crippen molar-refractivity contribution >= 4 is 5.82 Å². The van der Waals surface area contributed by atoms with E-state index in [1.807, 2.05) is 12.3 Å². The van der Waals surface area contributed by atoms with E-state index in [-0.39, 0.29) is 0 Å². The minimum absolute atomic E-state index is 0.554. The molecule has 0 radical (unpaired) electrons. The van der Waals surface area contributed by atoms with Gasteiger partial charge < -0.3 is 5.73 Å². The van der Waals surface area contributed by atoms with Gasteiger partial charge in [-0.15, -0.1) is 0 Å². The molecule has 0 bridgehead atoms. The standard InChI is InChI=1S/C15H25N3/c1-3-4-8-18-9-6-5-7-14(18)13-11-17-15(16)10-12(13)2/h10-11,14H,3-9H2,1-2H3,(H2,16,17)/t14-/m1/s1. The largest absolute Gasteiger partial charge is 0.384 e. The summed E-state index contributed by atoms with van der Waals surface area (Å²) in [7, 11) is 0. The third kappa shape index (κ3) is 3.02.